The van der Waals surface area contributed by atoms with Gasteiger partial charge in [-0.1, -0.05) is 13.3 Å². The largest absolute Gasteiger partial charge is 0.396 e. The first kappa shape index (κ1) is 13.2. The number of nitrogens with one attached hydrogen (secondary N) is 1. The summed E-state index contributed by atoms with van der Waals surface area (Å²) in [5.41, 5.74) is 0. The van der Waals surface area contributed by atoms with E-state index in [1.807, 2.05) is 6.92 Å². The summed E-state index contributed by atoms with van der Waals surface area (Å²) in [6.45, 7) is 2.39. The highest BCUT2D eigenvalue weighted by atomic mass is 35.5. The minimum absolute atomic E-state index is 0.0844. The maximum atomic E-state index is 10.9. The van der Waals surface area contributed by atoms with Crippen LogP contribution < -0.4 is 4.72 Å². The third kappa shape index (κ3) is 6.26. The minimum Gasteiger partial charge on any atom is -0.396 e. The van der Waals surface area contributed by atoms with Gasteiger partial charge >= 0.3 is 0 Å². The fraction of sp³-hybridized carbons (Fsp3) is 1.00. The van der Waals surface area contributed by atoms with Crippen LogP contribution in [0.4, 0.5) is 0 Å². The van der Waals surface area contributed by atoms with Crippen molar-refractivity contribution in [3.63, 3.8) is 0 Å². The van der Waals surface area contributed by atoms with Gasteiger partial charge in [-0.3, -0.25) is 0 Å². The number of hydrogen-bond donors (Lipinski definition) is 2. The molecule has 1 unspecified atom stereocenters. The Hall–Kier alpha value is 0.160. The van der Waals surface area contributed by atoms with Crippen LogP contribution in [0.1, 0.15) is 19.8 Å². The standard InChI is InChI=1S/C7H16ClNO3S/c1-2-7(3-4-10)5-9-13(11,12)6-8/h7,9-10H,2-6H2,1H3. The fourth-order valence-electron chi connectivity index (χ4n) is 0.916. The van der Waals surface area contributed by atoms with Crippen molar-refractivity contribution in [2.45, 2.75) is 19.8 Å². The Morgan fingerprint density at radius 1 is 1.54 bits per heavy atom. The molecule has 0 aliphatic heterocycles. The highest BCUT2D eigenvalue weighted by Gasteiger charge is 2.11. The van der Waals surface area contributed by atoms with Crippen LogP contribution in [-0.4, -0.2) is 31.9 Å². The molecule has 13 heavy (non-hydrogen) atoms. The molecule has 80 valence electrons. The molecule has 0 aromatic carbocycles. The Bertz CT molecular complexity index is 218. The van der Waals surface area contributed by atoms with Crippen molar-refractivity contribution in [3.05, 3.63) is 0 Å². The SMILES string of the molecule is CCC(CCO)CNS(=O)(=O)CCl. The van der Waals surface area contributed by atoms with Crippen LogP contribution >= 0.6 is 11.6 Å². The molecule has 0 saturated carbocycles. The predicted molar refractivity (Wildman–Crippen MR) is 53.1 cm³/mol. The number of alkyl halides is 1. The summed E-state index contributed by atoms with van der Waals surface area (Å²) in [6, 6.07) is 0. The summed E-state index contributed by atoms with van der Waals surface area (Å²) in [4.78, 5) is 0. The quantitative estimate of drug-likeness (QED) is 0.626. The Morgan fingerprint density at radius 2 is 2.15 bits per heavy atom. The number of rotatable bonds is 7. The van der Waals surface area contributed by atoms with Crippen molar-refractivity contribution in [2.75, 3.05) is 18.4 Å². The number of halogens is 1. The van der Waals surface area contributed by atoms with Crippen LogP contribution in [0.5, 0.6) is 0 Å². The third-order valence-corrected chi connectivity index (χ3v) is 3.61. The van der Waals surface area contributed by atoms with E-state index in [9.17, 15) is 8.42 Å². The van der Waals surface area contributed by atoms with E-state index in [1.165, 1.54) is 0 Å². The summed E-state index contributed by atoms with van der Waals surface area (Å²) in [5, 5.41) is 8.24. The summed E-state index contributed by atoms with van der Waals surface area (Å²) in [5.74, 6) is 0.183. The molecule has 6 heteroatoms. The molecule has 1 atom stereocenters. The van der Waals surface area contributed by atoms with Crippen LogP contribution in [0.3, 0.4) is 0 Å². The van der Waals surface area contributed by atoms with Gasteiger partial charge in [0.2, 0.25) is 10.0 Å². The Labute approximate surface area is 84.3 Å². The van der Waals surface area contributed by atoms with E-state index in [0.29, 0.717) is 13.0 Å². The van der Waals surface area contributed by atoms with Crippen molar-refractivity contribution in [1.29, 1.82) is 0 Å². The van der Waals surface area contributed by atoms with Crippen molar-refractivity contribution in [3.8, 4) is 0 Å². The van der Waals surface area contributed by atoms with Crippen molar-refractivity contribution in [2.24, 2.45) is 5.92 Å². The van der Waals surface area contributed by atoms with Gasteiger partial charge in [0.1, 0.15) is 5.21 Å². The average molecular weight is 230 g/mol. The van der Waals surface area contributed by atoms with Crippen LogP contribution in [0.2, 0.25) is 0 Å². The Kier molecular flexibility index (Phi) is 6.67. The molecule has 2 N–H and O–H groups in total. The van der Waals surface area contributed by atoms with E-state index in [2.05, 4.69) is 4.72 Å². The second kappa shape index (κ2) is 6.59. The molecule has 0 fully saturated rings. The molecule has 0 aromatic rings. The second-order valence-electron chi connectivity index (χ2n) is 2.86. The molecule has 0 amide bonds. The van der Waals surface area contributed by atoms with Crippen molar-refractivity contribution in [1.82, 2.24) is 4.72 Å². The normalized spacial score (nSPS) is 14.4. The molecule has 0 bridgehead atoms. The molecule has 0 aliphatic carbocycles. The van der Waals surface area contributed by atoms with E-state index < -0.39 is 15.2 Å². The van der Waals surface area contributed by atoms with Crippen LogP contribution in [0.25, 0.3) is 0 Å². The lowest BCUT2D eigenvalue weighted by molar-refractivity contribution is 0.254. The Balaban J connectivity index is 3.84. The van der Waals surface area contributed by atoms with Gasteiger partial charge in [-0.15, -0.1) is 11.6 Å². The molecular weight excluding hydrogens is 214 g/mol. The van der Waals surface area contributed by atoms with Gasteiger partial charge in [-0.25, -0.2) is 13.1 Å². The van der Waals surface area contributed by atoms with Gasteiger partial charge in [0.15, 0.2) is 0 Å². The second-order valence-corrected chi connectivity index (χ2v) is 5.25. The molecule has 0 spiro atoms. The van der Waals surface area contributed by atoms with Gasteiger partial charge < -0.3 is 5.11 Å². The van der Waals surface area contributed by atoms with E-state index >= 15 is 0 Å². The maximum absolute atomic E-state index is 10.9. The zero-order valence-corrected chi connectivity index (χ0v) is 9.24. The van der Waals surface area contributed by atoms with Crippen molar-refractivity contribution >= 4 is 21.6 Å². The first-order valence-corrected chi connectivity index (χ1v) is 6.38. The topological polar surface area (TPSA) is 66.4 Å². The fourth-order valence-corrected chi connectivity index (χ4v) is 1.71. The molecule has 0 aromatic heterocycles. The van der Waals surface area contributed by atoms with Crippen LogP contribution in [0, 0.1) is 5.92 Å². The summed E-state index contributed by atoms with van der Waals surface area (Å²) >= 11 is 5.20. The Morgan fingerprint density at radius 3 is 2.54 bits per heavy atom. The van der Waals surface area contributed by atoms with Gasteiger partial charge in [-0.05, 0) is 12.3 Å². The predicted octanol–water partition coefficient (Wildman–Crippen LogP) is 0.511. The van der Waals surface area contributed by atoms with E-state index in [1.54, 1.807) is 0 Å². The van der Waals surface area contributed by atoms with Gasteiger partial charge in [-0.2, -0.15) is 0 Å². The van der Waals surface area contributed by atoms with Gasteiger partial charge in [0.25, 0.3) is 0 Å². The molecular formula is C7H16ClNO3S. The van der Waals surface area contributed by atoms with Crippen LogP contribution in [0.15, 0.2) is 0 Å². The number of aliphatic hydroxyl groups is 1. The number of hydrogen-bond acceptors (Lipinski definition) is 3. The molecule has 0 rings (SSSR count). The molecule has 0 aliphatic rings. The maximum Gasteiger partial charge on any atom is 0.225 e. The van der Waals surface area contributed by atoms with E-state index in [4.69, 9.17) is 16.7 Å². The molecule has 4 nitrogen and oxygen atoms in total. The lowest BCUT2D eigenvalue weighted by Gasteiger charge is -2.13. The molecule has 0 radical (unpaired) electrons. The number of sulfonamides is 1. The third-order valence-electron chi connectivity index (χ3n) is 1.85. The summed E-state index contributed by atoms with van der Waals surface area (Å²) in [7, 11) is -3.31. The highest BCUT2D eigenvalue weighted by Crippen LogP contribution is 2.06. The minimum atomic E-state index is -3.31. The first-order valence-electron chi connectivity index (χ1n) is 4.20. The smallest absolute Gasteiger partial charge is 0.225 e. The monoisotopic (exact) mass is 229 g/mol. The first-order chi connectivity index (χ1) is 6.05. The molecule has 0 heterocycles. The summed E-state index contributed by atoms with van der Waals surface area (Å²) < 4.78 is 24.2. The lowest BCUT2D eigenvalue weighted by Crippen LogP contribution is -2.30. The molecule has 0 saturated heterocycles. The number of aliphatic hydroxyl groups excluding tert-OH is 1. The van der Waals surface area contributed by atoms with E-state index in [-0.39, 0.29) is 12.5 Å². The zero-order valence-electron chi connectivity index (χ0n) is 7.66. The average Bonchev–Trinajstić information content (AvgIpc) is 2.12. The lowest BCUT2D eigenvalue weighted by atomic mass is 10.0. The summed E-state index contributed by atoms with van der Waals surface area (Å²) in [6.07, 6.45) is 1.45. The van der Waals surface area contributed by atoms with Crippen molar-refractivity contribution < 1.29 is 13.5 Å². The van der Waals surface area contributed by atoms with Crippen LogP contribution in [-0.2, 0) is 10.0 Å². The van der Waals surface area contributed by atoms with Gasteiger partial charge in [0, 0.05) is 13.2 Å². The van der Waals surface area contributed by atoms with E-state index in [0.717, 1.165) is 6.42 Å². The highest BCUT2D eigenvalue weighted by molar-refractivity contribution is 7.90. The zero-order chi connectivity index (χ0) is 10.3. The van der Waals surface area contributed by atoms with Gasteiger partial charge in [0.05, 0.1) is 0 Å².